The van der Waals surface area contributed by atoms with Crippen LogP contribution in [0, 0.1) is 5.41 Å². The molecule has 6 heteroatoms. The first kappa shape index (κ1) is 15.1. The molecule has 1 amide bonds. The van der Waals surface area contributed by atoms with Crippen molar-refractivity contribution in [3.05, 3.63) is 10.6 Å². The van der Waals surface area contributed by atoms with E-state index in [1.54, 1.807) is 0 Å². The second-order valence-corrected chi connectivity index (χ2v) is 6.99. The molecule has 0 fully saturated rings. The Morgan fingerprint density at radius 3 is 2.85 bits per heavy atom. The number of rotatable bonds is 5. The van der Waals surface area contributed by atoms with Crippen molar-refractivity contribution in [3.8, 4) is 0 Å². The first-order chi connectivity index (χ1) is 9.41. The molecule has 1 heterocycles. The van der Waals surface area contributed by atoms with Crippen LogP contribution in [0.15, 0.2) is 0 Å². The van der Waals surface area contributed by atoms with Gasteiger partial charge in [0.25, 0.3) is 0 Å². The molecular formula is C14H21N3O2S. The van der Waals surface area contributed by atoms with E-state index in [1.807, 2.05) is 7.05 Å². The Morgan fingerprint density at radius 1 is 1.40 bits per heavy atom. The van der Waals surface area contributed by atoms with Gasteiger partial charge in [0.1, 0.15) is 0 Å². The molecule has 1 aromatic rings. The molecule has 0 unspecified atom stereocenters. The van der Waals surface area contributed by atoms with Crippen LogP contribution in [0.5, 0.6) is 0 Å². The number of hydrogen-bond donors (Lipinski definition) is 2. The summed E-state index contributed by atoms with van der Waals surface area (Å²) in [5.74, 6) is 0.0995. The first-order valence-corrected chi connectivity index (χ1v) is 7.70. The number of carbonyl (C=O) groups excluding carboxylic acids is 2. The minimum absolute atomic E-state index is 0.0355. The highest BCUT2D eigenvalue weighted by molar-refractivity contribution is 7.17. The maximum absolute atomic E-state index is 12.1. The second kappa shape index (κ2) is 6.01. The van der Waals surface area contributed by atoms with E-state index in [9.17, 15) is 9.59 Å². The number of carbonyl (C=O) groups is 2. The number of anilines is 1. The molecule has 0 radical (unpaired) electrons. The Morgan fingerprint density at radius 2 is 2.15 bits per heavy atom. The normalized spacial score (nSPS) is 16.9. The predicted octanol–water partition coefficient (Wildman–Crippen LogP) is 2.24. The molecule has 1 aliphatic carbocycles. The Bertz CT molecular complexity index is 522. The number of fused-ring (bicyclic) bond motifs is 1. The fourth-order valence-corrected chi connectivity index (χ4v) is 3.32. The monoisotopic (exact) mass is 295 g/mol. The van der Waals surface area contributed by atoms with Gasteiger partial charge in [0, 0.05) is 12.8 Å². The van der Waals surface area contributed by atoms with Crippen LogP contribution in [0.4, 0.5) is 5.13 Å². The molecule has 0 aromatic carbocycles. The summed E-state index contributed by atoms with van der Waals surface area (Å²) in [6, 6.07) is 0. The lowest BCUT2D eigenvalue weighted by Crippen LogP contribution is -2.26. The van der Waals surface area contributed by atoms with Crippen molar-refractivity contribution >= 4 is 28.2 Å². The average Bonchev–Trinajstić information content (AvgIpc) is 2.70. The lowest BCUT2D eigenvalue weighted by molar-refractivity contribution is -0.116. The SMILES string of the molecule is CNCCCC(=O)Nc1nc2c(s1)C(=O)CC(C)(C)C2. The second-order valence-electron chi connectivity index (χ2n) is 5.99. The summed E-state index contributed by atoms with van der Waals surface area (Å²) < 4.78 is 0. The number of ketones is 1. The highest BCUT2D eigenvalue weighted by Crippen LogP contribution is 2.38. The molecule has 0 saturated carbocycles. The zero-order valence-electron chi connectivity index (χ0n) is 12.2. The average molecular weight is 295 g/mol. The topological polar surface area (TPSA) is 71.1 Å². The van der Waals surface area contributed by atoms with Crippen LogP contribution in [-0.4, -0.2) is 30.3 Å². The van der Waals surface area contributed by atoms with Crippen LogP contribution >= 0.6 is 11.3 Å². The van der Waals surface area contributed by atoms with Crippen molar-refractivity contribution in [2.24, 2.45) is 5.41 Å². The van der Waals surface area contributed by atoms with Crippen LogP contribution < -0.4 is 10.6 Å². The van der Waals surface area contributed by atoms with E-state index in [0.717, 1.165) is 30.0 Å². The molecule has 2 N–H and O–H groups in total. The van der Waals surface area contributed by atoms with E-state index in [0.29, 0.717) is 18.0 Å². The van der Waals surface area contributed by atoms with E-state index >= 15 is 0 Å². The van der Waals surface area contributed by atoms with E-state index in [4.69, 9.17) is 0 Å². The van der Waals surface area contributed by atoms with Crippen LogP contribution in [0.3, 0.4) is 0 Å². The molecule has 0 bridgehead atoms. The zero-order valence-corrected chi connectivity index (χ0v) is 13.0. The fourth-order valence-electron chi connectivity index (χ4n) is 2.38. The van der Waals surface area contributed by atoms with E-state index < -0.39 is 0 Å². The Labute approximate surface area is 123 Å². The van der Waals surface area contributed by atoms with E-state index in [-0.39, 0.29) is 17.1 Å². The minimum atomic E-state index is -0.0435. The van der Waals surface area contributed by atoms with Gasteiger partial charge in [0.05, 0.1) is 10.6 Å². The third-order valence-corrected chi connectivity index (χ3v) is 4.37. The highest BCUT2D eigenvalue weighted by Gasteiger charge is 2.33. The lowest BCUT2D eigenvalue weighted by Gasteiger charge is -2.26. The molecule has 0 saturated heterocycles. The predicted molar refractivity (Wildman–Crippen MR) is 80.3 cm³/mol. The van der Waals surface area contributed by atoms with Crippen LogP contribution in [0.25, 0.3) is 0 Å². The maximum atomic E-state index is 12.1. The Kier molecular flexibility index (Phi) is 4.55. The molecule has 0 aliphatic heterocycles. The molecule has 110 valence electrons. The summed E-state index contributed by atoms with van der Waals surface area (Å²) in [5.41, 5.74) is 0.799. The number of aromatic nitrogens is 1. The lowest BCUT2D eigenvalue weighted by atomic mass is 9.78. The van der Waals surface area contributed by atoms with Gasteiger partial charge in [-0.2, -0.15) is 0 Å². The maximum Gasteiger partial charge on any atom is 0.226 e. The van der Waals surface area contributed by atoms with Crippen molar-refractivity contribution in [3.63, 3.8) is 0 Å². The molecular weight excluding hydrogens is 274 g/mol. The number of hydrogen-bond acceptors (Lipinski definition) is 5. The Balaban J connectivity index is 2.02. The standard InChI is InChI=1S/C14H21N3O2S/c1-14(2)7-9-12(10(18)8-14)20-13(16-9)17-11(19)5-4-6-15-3/h15H,4-8H2,1-3H3,(H,16,17,19). The van der Waals surface area contributed by atoms with Gasteiger partial charge in [-0.15, -0.1) is 0 Å². The smallest absolute Gasteiger partial charge is 0.226 e. The third kappa shape index (κ3) is 3.64. The molecule has 20 heavy (non-hydrogen) atoms. The Hall–Kier alpha value is -1.27. The summed E-state index contributed by atoms with van der Waals surface area (Å²) in [5, 5.41) is 6.35. The van der Waals surface area contributed by atoms with Crippen molar-refractivity contribution in [1.82, 2.24) is 10.3 Å². The van der Waals surface area contributed by atoms with Gasteiger partial charge in [-0.05, 0) is 31.8 Å². The number of nitrogens with zero attached hydrogens (tertiary/aromatic N) is 1. The molecule has 1 aliphatic rings. The zero-order chi connectivity index (χ0) is 14.8. The largest absolute Gasteiger partial charge is 0.320 e. The van der Waals surface area contributed by atoms with E-state index in [1.165, 1.54) is 11.3 Å². The fraction of sp³-hybridized carbons (Fsp3) is 0.643. The number of Topliss-reactive ketones (excluding diaryl/α,β-unsaturated/α-hetero) is 1. The van der Waals surface area contributed by atoms with Crippen LogP contribution in [-0.2, 0) is 11.2 Å². The van der Waals surface area contributed by atoms with Gasteiger partial charge < -0.3 is 10.6 Å². The molecule has 0 spiro atoms. The highest BCUT2D eigenvalue weighted by atomic mass is 32.1. The van der Waals surface area contributed by atoms with Crippen LogP contribution in [0.2, 0.25) is 0 Å². The van der Waals surface area contributed by atoms with E-state index in [2.05, 4.69) is 29.5 Å². The number of thiazole rings is 1. The van der Waals surface area contributed by atoms with Crippen molar-refractivity contribution < 1.29 is 9.59 Å². The van der Waals surface area contributed by atoms with Crippen LogP contribution in [0.1, 0.15) is 48.5 Å². The van der Waals surface area contributed by atoms with Crippen molar-refractivity contribution in [1.29, 1.82) is 0 Å². The first-order valence-electron chi connectivity index (χ1n) is 6.89. The van der Waals surface area contributed by atoms with Gasteiger partial charge in [-0.25, -0.2) is 4.98 Å². The van der Waals surface area contributed by atoms with Crippen molar-refractivity contribution in [2.45, 2.75) is 39.5 Å². The summed E-state index contributed by atoms with van der Waals surface area (Å²) in [7, 11) is 1.86. The molecule has 0 atom stereocenters. The molecule has 2 rings (SSSR count). The summed E-state index contributed by atoms with van der Waals surface area (Å²) >= 11 is 1.30. The number of amides is 1. The van der Waals surface area contributed by atoms with Gasteiger partial charge in [-0.3, -0.25) is 9.59 Å². The summed E-state index contributed by atoms with van der Waals surface area (Å²) in [4.78, 5) is 28.9. The van der Waals surface area contributed by atoms with Crippen molar-refractivity contribution in [2.75, 3.05) is 18.9 Å². The van der Waals surface area contributed by atoms with Gasteiger partial charge in [-0.1, -0.05) is 25.2 Å². The summed E-state index contributed by atoms with van der Waals surface area (Å²) in [6.45, 7) is 4.96. The van der Waals surface area contributed by atoms with Gasteiger partial charge in [0.2, 0.25) is 5.91 Å². The third-order valence-electron chi connectivity index (χ3n) is 3.31. The summed E-state index contributed by atoms with van der Waals surface area (Å²) in [6.07, 6.45) is 2.60. The minimum Gasteiger partial charge on any atom is -0.320 e. The van der Waals surface area contributed by atoms with Gasteiger partial charge in [0.15, 0.2) is 10.9 Å². The van der Waals surface area contributed by atoms with Gasteiger partial charge >= 0.3 is 0 Å². The molecule has 1 aromatic heterocycles. The quantitative estimate of drug-likeness (QED) is 0.817. The molecule has 5 nitrogen and oxygen atoms in total. The number of nitrogens with one attached hydrogen (secondary N) is 2.